The summed E-state index contributed by atoms with van der Waals surface area (Å²) in [4.78, 5) is 43.8. The number of thiazole rings is 1. The lowest BCUT2D eigenvalue weighted by atomic mass is 10.1. The highest BCUT2D eigenvalue weighted by Gasteiger charge is 2.42. The third-order valence-electron chi connectivity index (χ3n) is 5.12. The van der Waals surface area contributed by atoms with Crippen molar-refractivity contribution in [1.29, 1.82) is 0 Å². The van der Waals surface area contributed by atoms with E-state index < -0.39 is 33.8 Å². The maximum atomic E-state index is 13.1. The van der Waals surface area contributed by atoms with Crippen LogP contribution < -0.4 is 10.0 Å². The molecule has 0 saturated carbocycles. The topological polar surface area (TPSA) is 126 Å². The van der Waals surface area contributed by atoms with Gasteiger partial charge in [-0.25, -0.2) is 13.4 Å². The summed E-state index contributed by atoms with van der Waals surface area (Å²) in [6.07, 6.45) is 3.64. The zero-order chi connectivity index (χ0) is 24.3. The van der Waals surface area contributed by atoms with Crippen LogP contribution in [0.15, 0.2) is 65.0 Å². The van der Waals surface area contributed by atoms with E-state index in [9.17, 15) is 22.8 Å². The largest absolute Gasteiger partial charge is 0.324 e. The third kappa shape index (κ3) is 4.83. The van der Waals surface area contributed by atoms with Crippen LogP contribution in [0.25, 0.3) is 0 Å². The Morgan fingerprint density at radius 2 is 1.74 bits per heavy atom. The first-order valence-electron chi connectivity index (χ1n) is 10.1. The van der Waals surface area contributed by atoms with E-state index in [4.69, 9.17) is 0 Å². The first-order chi connectivity index (χ1) is 16.3. The normalized spacial score (nSPS) is 14.1. The van der Waals surface area contributed by atoms with E-state index in [1.165, 1.54) is 42.2 Å². The van der Waals surface area contributed by atoms with Crippen LogP contribution in [0, 0.1) is 0 Å². The molecule has 1 aromatic heterocycles. The molecule has 34 heavy (non-hydrogen) atoms. The zero-order valence-corrected chi connectivity index (χ0v) is 20.4. The average Bonchev–Trinajstić information content (AvgIpc) is 3.41. The summed E-state index contributed by atoms with van der Waals surface area (Å²) < 4.78 is 27.4. The maximum absolute atomic E-state index is 13.1. The SMILES string of the molecule is CSCC[C@@H](C(=O)Nc1ccc(S(=O)(=O)Nc2nccs2)cc1)N1C(=O)c2ccccc2C1=O. The van der Waals surface area contributed by atoms with Gasteiger partial charge in [-0.1, -0.05) is 12.1 Å². The van der Waals surface area contributed by atoms with E-state index in [-0.39, 0.29) is 27.6 Å². The molecule has 0 aliphatic carbocycles. The number of imide groups is 1. The summed E-state index contributed by atoms with van der Waals surface area (Å²) in [5, 5.41) is 4.60. The monoisotopic (exact) mass is 516 g/mol. The third-order valence-corrected chi connectivity index (χ3v) is 7.94. The Morgan fingerprint density at radius 1 is 1.09 bits per heavy atom. The van der Waals surface area contributed by atoms with Gasteiger partial charge in [0, 0.05) is 17.3 Å². The molecule has 176 valence electrons. The molecule has 12 heteroatoms. The Labute approximate surface area is 204 Å². The van der Waals surface area contributed by atoms with Crippen LogP contribution in [0.5, 0.6) is 0 Å². The molecule has 1 aliphatic heterocycles. The van der Waals surface area contributed by atoms with Gasteiger partial charge in [0.2, 0.25) is 5.91 Å². The molecule has 0 bridgehead atoms. The number of benzene rings is 2. The van der Waals surface area contributed by atoms with E-state index in [0.29, 0.717) is 11.4 Å². The second kappa shape index (κ2) is 9.95. The lowest BCUT2D eigenvalue weighted by molar-refractivity contribution is -0.120. The molecule has 0 unspecified atom stereocenters. The van der Waals surface area contributed by atoms with Gasteiger partial charge in [0.1, 0.15) is 6.04 Å². The van der Waals surface area contributed by atoms with Crippen molar-refractivity contribution in [3.63, 3.8) is 0 Å². The van der Waals surface area contributed by atoms with Crippen LogP contribution in [0.3, 0.4) is 0 Å². The number of sulfonamides is 1. The smallest absolute Gasteiger partial charge is 0.263 e. The van der Waals surface area contributed by atoms with E-state index in [0.717, 1.165) is 16.2 Å². The Hall–Kier alpha value is -3.22. The molecule has 2 heterocycles. The Morgan fingerprint density at radius 3 is 2.29 bits per heavy atom. The number of nitrogens with one attached hydrogen (secondary N) is 2. The number of carbonyl (C=O) groups is 3. The van der Waals surface area contributed by atoms with Crippen molar-refractivity contribution in [3.05, 3.63) is 71.2 Å². The average molecular weight is 517 g/mol. The Balaban J connectivity index is 1.51. The van der Waals surface area contributed by atoms with E-state index >= 15 is 0 Å². The lowest BCUT2D eigenvalue weighted by Gasteiger charge is -2.25. The fraction of sp³-hybridized carbons (Fsp3) is 0.182. The molecule has 1 atom stereocenters. The fourth-order valence-electron chi connectivity index (χ4n) is 3.49. The number of thioether (sulfide) groups is 1. The van der Waals surface area contributed by atoms with Crippen LogP contribution in [0.2, 0.25) is 0 Å². The van der Waals surface area contributed by atoms with Gasteiger partial charge in [0.05, 0.1) is 16.0 Å². The second-order valence-electron chi connectivity index (χ2n) is 7.28. The molecule has 0 radical (unpaired) electrons. The number of fused-ring (bicyclic) bond motifs is 1. The Kier molecular flexibility index (Phi) is 7.00. The van der Waals surface area contributed by atoms with Gasteiger partial charge in [0.15, 0.2) is 5.13 Å². The van der Waals surface area contributed by atoms with Crippen LogP contribution in [-0.2, 0) is 14.8 Å². The number of nitrogens with zero attached hydrogens (tertiary/aromatic N) is 2. The Bertz CT molecular complexity index is 1290. The van der Waals surface area contributed by atoms with Gasteiger partial charge in [-0.15, -0.1) is 11.3 Å². The van der Waals surface area contributed by atoms with Crippen molar-refractivity contribution >= 4 is 61.7 Å². The van der Waals surface area contributed by atoms with E-state index in [1.807, 2.05) is 6.26 Å². The number of anilines is 2. The molecule has 1 aliphatic rings. The van der Waals surface area contributed by atoms with Gasteiger partial charge in [0.25, 0.3) is 21.8 Å². The van der Waals surface area contributed by atoms with Crippen molar-refractivity contribution in [1.82, 2.24) is 9.88 Å². The summed E-state index contributed by atoms with van der Waals surface area (Å²) >= 11 is 2.65. The molecule has 2 aromatic carbocycles. The minimum Gasteiger partial charge on any atom is -0.324 e. The summed E-state index contributed by atoms with van der Waals surface area (Å²) in [5.41, 5.74) is 0.887. The first-order valence-corrected chi connectivity index (χ1v) is 13.9. The summed E-state index contributed by atoms with van der Waals surface area (Å²) in [6, 6.07) is 11.1. The molecular weight excluding hydrogens is 496 g/mol. The minimum absolute atomic E-state index is 0.0000185. The maximum Gasteiger partial charge on any atom is 0.263 e. The molecule has 0 saturated heterocycles. The molecule has 3 aromatic rings. The molecule has 3 amide bonds. The van der Waals surface area contributed by atoms with Crippen molar-refractivity contribution < 1.29 is 22.8 Å². The number of hydrogen-bond donors (Lipinski definition) is 2. The van der Waals surface area contributed by atoms with Gasteiger partial charge >= 0.3 is 0 Å². The molecule has 0 spiro atoms. The van der Waals surface area contributed by atoms with Crippen molar-refractivity contribution in [2.75, 3.05) is 22.0 Å². The second-order valence-corrected chi connectivity index (χ2v) is 10.8. The number of amides is 3. The molecule has 4 rings (SSSR count). The highest BCUT2D eigenvalue weighted by atomic mass is 32.2. The van der Waals surface area contributed by atoms with E-state index in [2.05, 4.69) is 15.0 Å². The number of aromatic nitrogens is 1. The first kappa shape index (κ1) is 23.9. The van der Waals surface area contributed by atoms with Gasteiger partial charge < -0.3 is 5.32 Å². The predicted molar refractivity (Wildman–Crippen MR) is 132 cm³/mol. The van der Waals surface area contributed by atoms with Crippen LogP contribution in [-0.4, -0.2) is 54.1 Å². The number of carbonyl (C=O) groups excluding carboxylic acids is 3. The summed E-state index contributed by atoms with van der Waals surface area (Å²) in [7, 11) is -3.83. The van der Waals surface area contributed by atoms with Crippen LogP contribution in [0.4, 0.5) is 10.8 Å². The number of rotatable bonds is 9. The quantitative estimate of drug-likeness (QED) is 0.418. The van der Waals surface area contributed by atoms with Gasteiger partial charge in [-0.3, -0.25) is 24.0 Å². The highest BCUT2D eigenvalue weighted by molar-refractivity contribution is 7.98. The van der Waals surface area contributed by atoms with Crippen LogP contribution in [0.1, 0.15) is 27.1 Å². The molecule has 2 N–H and O–H groups in total. The minimum atomic E-state index is -3.83. The van der Waals surface area contributed by atoms with Gasteiger partial charge in [-0.05, 0) is 54.8 Å². The van der Waals surface area contributed by atoms with Crippen molar-refractivity contribution in [2.45, 2.75) is 17.4 Å². The highest BCUT2D eigenvalue weighted by Crippen LogP contribution is 2.27. The predicted octanol–water partition coefficient (Wildman–Crippen LogP) is 3.30. The van der Waals surface area contributed by atoms with Crippen molar-refractivity contribution in [2.24, 2.45) is 0 Å². The van der Waals surface area contributed by atoms with E-state index in [1.54, 1.807) is 29.6 Å². The lowest BCUT2D eigenvalue weighted by Crippen LogP contribution is -2.47. The zero-order valence-electron chi connectivity index (χ0n) is 17.9. The summed E-state index contributed by atoms with van der Waals surface area (Å²) in [5.74, 6) is -0.973. The standard InChI is InChI=1S/C22H20N4O5S3/c1-32-12-10-18(26-20(28)16-4-2-3-5-17(16)21(26)29)19(27)24-14-6-8-15(9-7-14)34(30,31)25-22-23-11-13-33-22/h2-9,11,13,18H,10,12H2,1H3,(H,23,25)(H,24,27)/t18-/m0/s1. The molecule has 0 fully saturated rings. The number of hydrogen-bond acceptors (Lipinski definition) is 8. The molecule has 9 nitrogen and oxygen atoms in total. The fourth-order valence-corrected chi connectivity index (χ4v) is 5.74. The molecular formula is C22H20N4O5S3. The summed E-state index contributed by atoms with van der Waals surface area (Å²) in [6.45, 7) is 0. The van der Waals surface area contributed by atoms with Gasteiger partial charge in [-0.2, -0.15) is 11.8 Å². The van der Waals surface area contributed by atoms with Crippen LogP contribution >= 0.6 is 23.1 Å². The van der Waals surface area contributed by atoms with Crippen molar-refractivity contribution in [3.8, 4) is 0 Å².